The summed E-state index contributed by atoms with van der Waals surface area (Å²) in [6, 6.07) is 8.47. The number of nitrogen functional groups attached to an aromatic ring is 1. The maximum atomic E-state index is 5.73. The van der Waals surface area contributed by atoms with Crippen molar-refractivity contribution in [2.75, 3.05) is 12.3 Å². The van der Waals surface area contributed by atoms with Gasteiger partial charge in [0, 0.05) is 30.5 Å². The second kappa shape index (κ2) is 5.24. The van der Waals surface area contributed by atoms with Gasteiger partial charge in [-0.2, -0.15) is 0 Å². The minimum absolute atomic E-state index is 0.304. The van der Waals surface area contributed by atoms with Gasteiger partial charge in [-0.05, 0) is 18.1 Å². The molecule has 1 unspecified atom stereocenters. The number of rotatable bonds is 3. The topological polar surface area (TPSA) is 73.1 Å². The molecule has 1 aromatic carbocycles. The molecular formula is C14H16N4O. The van der Waals surface area contributed by atoms with E-state index >= 15 is 0 Å². The molecule has 1 aliphatic rings. The molecule has 2 aromatic rings. The van der Waals surface area contributed by atoms with Gasteiger partial charge < -0.3 is 15.8 Å². The number of nitrogens with zero attached hydrogens (tertiary/aromatic N) is 2. The van der Waals surface area contributed by atoms with Gasteiger partial charge in [0.1, 0.15) is 12.4 Å². The van der Waals surface area contributed by atoms with Crippen molar-refractivity contribution in [1.82, 2.24) is 15.3 Å². The number of hydrogen-bond acceptors (Lipinski definition) is 5. The van der Waals surface area contributed by atoms with Crippen LogP contribution in [-0.2, 0) is 13.0 Å². The molecular weight excluding hydrogens is 240 g/mol. The Morgan fingerprint density at radius 1 is 1.26 bits per heavy atom. The van der Waals surface area contributed by atoms with Crippen molar-refractivity contribution >= 4 is 5.95 Å². The lowest BCUT2D eigenvalue weighted by atomic mass is 10.0. The zero-order valence-corrected chi connectivity index (χ0v) is 10.5. The normalized spacial score (nSPS) is 17.6. The third-order valence-corrected chi connectivity index (χ3v) is 3.20. The molecule has 0 saturated heterocycles. The van der Waals surface area contributed by atoms with E-state index < -0.39 is 0 Å². The maximum absolute atomic E-state index is 5.73. The van der Waals surface area contributed by atoms with Crippen LogP contribution in [0.3, 0.4) is 0 Å². The molecule has 0 radical (unpaired) electrons. The van der Waals surface area contributed by atoms with E-state index in [1.807, 2.05) is 18.2 Å². The van der Waals surface area contributed by atoms with Crippen LogP contribution in [0.15, 0.2) is 36.7 Å². The molecule has 1 aliphatic heterocycles. The van der Waals surface area contributed by atoms with Gasteiger partial charge in [-0.15, -0.1) is 0 Å². The molecule has 0 fully saturated rings. The van der Waals surface area contributed by atoms with E-state index in [1.54, 1.807) is 12.4 Å². The summed E-state index contributed by atoms with van der Waals surface area (Å²) in [5.74, 6) is 1.30. The first-order chi connectivity index (χ1) is 9.31. The van der Waals surface area contributed by atoms with E-state index in [4.69, 9.17) is 10.5 Å². The van der Waals surface area contributed by atoms with Crippen LogP contribution in [-0.4, -0.2) is 22.6 Å². The van der Waals surface area contributed by atoms with Gasteiger partial charge in [0.25, 0.3) is 0 Å². The van der Waals surface area contributed by atoms with Gasteiger partial charge >= 0.3 is 0 Å². The van der Waals surface area contributed by atoms with Crippen molar-refractivity contribution in [1.29, 1.82) is 0 Å². The smallest absolute Gasteiger partial charge is 0.219 e. The van der Waals surface area contributed by atoms with E-state index in [0.717, 1.165) is 24.3 Å². The summed E-state index contributed by atoms with van der Waals surface area (Å²) in [7, 11) is 0. The predicted molar refractivity (Wildman–Crippen MR) is 72.7 cm³/mol. The van der Waals surface area contributed by atoms with Crippen molar-refractivity contribution in [3.05, 3.63) is 47.8 Å². The quantitative estimate of drug-likeness (QED) is 0.862. The molecule has 1 aromatic heterocycles. The Bertz CT molecular complexity index is 556. The third kappa shape index (κ3) is 2.82. The lowest BCUT2D eigenvalue weighted by molar-refractivity contribution is 0.238. The van der Waals surface area contributed by atoms with Crippen LogP contribution in [0.4, 0.5) is 5.95 Å². The van der Waals surface area contributed by atoms with E-state index in [2.05, 4.69) is 21.4 Å². The SMILES string of the molecule is Nc1ncc(CNC2COc3ccccc3C2)cn1. The van der Waals surface area contributed by atoms with Crippen molar-refractivity contribution in [3.8, 4) is 5.75 Å². The zero-order valence-electron chi connectivity index (χ0n) is 10.5. The molecule has 5 nitrogen and oxygen atoms in total. The molecule has 3 N–H and O–H groups in total. The number of nitrogens with one attached hydrogen (secondary N) is 1. The van der Waals surface area contributed by atoms with Crippen molar-refractivity contribution in [2.24, 2.45) is 0 Å². The molecule has 0 amide bonds. The van der Waals surface area contributed by atoms with Crippen LogP contribution in [0.1, 0.15) is 11.1 Å². The standard InChI is InChI=1S/C14H16N4O/c15-14-17-7-10(8-18-14)6-16-12-5-11-3-1-2-4-13(11)19-9-12/h1-4,7-8,12,16H,5-6,9H2,(H2,15,17,18). The lowest BCUT2D eigenvalue weighted by Gasteiger charge is -2.26. The molecule has 0 spiro atoms. The fraction of sp³-hybridized carbons (Fsp3) is 0.286. The number of aromatic nitrogens is 2. The van der Waals surface area contributed by atoms with Gasteiger partial charge in [0.15, 0.2) is 0 Å². The Hall–Kier alpha value is -2.14. The average molecular weight is 256 g/mol. The monoisotopic (exact) mass is 256 g/mol. The summed E-state index contributed by atoms with van der Waals surface area (Å²) in [4.78, 5) is 7.95. The molecule has 98 valence electrons. The molecule has 3 rings (SSSR count). The fourth-order valence-electron chi connectivity index (χ4n) is 2.18. The van der Waals surface area contributed by atoms with Crippen molar-refractivity contribution in [3.63, 3.8) is 0 Å². The van der Waals surface area contributed by atoms with Crippen molar-refractivity contribution < 1.29 is 4.74 Å². The summed E-state index contributed by atoms with van der Waals surface area (Å²) in [5.41, 5.74) is 7.73. The second-order valence-corrected chi connectivity index (χ2v) is 4.65. The first-order valence-corrected chi connectivity index (χ1v) is 6.32. The fourth-order valence-corrected chi connectivity index (χ4v) is 2.18. The molecule has 1 atom stereocenters. The van der Waals surface area contributed by atoms with Gasteiger partial charge in [-0.25, -0.2) is 9.97 Å². The molecule has 5 heteroatoms. The molecule has 0 aliphatic carbocycles. The number of para-hydroxylation sites is 1. The highest BCUT2D eigenvalue weighted by Gasteiger charge is 2.18. The third-order valence-electron chi connectivity index (χ3n) is 3.20. The lowest BCUT2D eigenvalue weighted by Crippen LogP contribution is -2.38. The Morgan fingerprint density at radius 2 is 2.05 bits per heavy atom. The number of fused-ring (bicyclic) bond motifs is 1. The van der Waals surface area contributed by atoms with Crippen LogP contribution in [0.2, 0.25) is 0 Å². The average Bonchev–Trinajstić information content (AvgIpc) is 2.46. The van der Waals surface area contributed by atoms with E-state index in [1.165, 1.54) is 5.56 Å². The predicted octanol–water partition coefficient (Wildman–Crippen LogP) is 1.15. The Morgan fingerprint density at radius 3 is 2.89 bits per heavy atom. The van der Waals surface area contributed by atoms with Crippen molar-refractivity contribution in [2.45, 2.75) is 19.0 Å². The van der Waals surface area contributed by atoms with Gasteiger partial charge in [-0.1, -0.05) is 18.2 Å². The number of benzene rings is 1. The summed E-state index contributed by atoms with van der Waals surface area (Å²) in [5, 5.41) is 3.45. The van der Waals surface area contributed by atoms with Gasteiger partial charge in [0.05, 0.1) is 0 Å². The zero-order chi connectivity index (χ0) is 13.1. The summed E-state index contributed by atoms with van der Waals surface area (Å²) in [6.07, 6.45) is 4.46. The Balaban J connectivity index is 1.59. The van der Waals surface area contributed by atoms with Crippen LogP contribution in [0, 0.1) is 0 Å². The Kier molecular flexibility index (Phi) is 3.29. The molecule has 0 bridgehead atoms. The summed E-state index contributed by atoms with van der Waals surface area (Å²) < 4.78 is 5.73. The Labute approximate surface area is 111 Å². The highest BCUT2D eigenvalue weighted by Crippen LogP contribution is 2.23. The highest BCUT2D eigenvalue weighted by molar-refractivity contribution is 5.35. The minimum atomic E-state index is 0.304. The maximum Gasteiger partial charge on any atom is 0.219 e. The first kappa shape index (κ1) is 11.9. The minimum Gasteiger partial charge on any atom is -0.492 e. The van der Waals surface area contributed by atoms with Crippen LogP contribution >= 0.6 is 0 Å². The summed E-state index contributed by atoms with van der Waals surface area (Å²) >= 11 is 0. The first-order valence-electron chi connectivity index (χ1n) is 6.32. The van der Waals surface area contributed by atoms with Crippen LogP contribution < -0.4 is 15.8 Å². The highest BCUT2D eigenvalue weighted by atomic mass is 16.5. The van der Waals surface area contributed by atoms with Crippen LogP contribution in [0.25, 0.3) is 0 Å². The summed E-state index contributed by atoms with van der Waals surface area (Å²) in [6.45, 7) is 1.41. The number of hydrogen-bond donors (Lipinski definition) is 2. The van der Waals surface area contributed by atoms with Gasteiger partial charge in [-0.3, -0.25) is 0 Å². The molecule has 0 saturated carbocycles. The largest absolute Gasteiger partial charge is 0.492 e. The second-order valence-electron chi connectivity index (χ2n) is 4.65. The van der Waals surface area contributed by atoms with E-state index in [0.29, 0.717) is 18.6 Å². The number of anilines is 1. The molecule has 2 heterocycles. The van der Waals surface area contributed by atoms with Gasteiger partial charge in [0.2, 0.25) is 5.95 Å². The number of ether oxygens (including phenoxy) is 1. The molecule has 19 heavy (non-hydrogen) atoms. The number of nitrogens with two attached hydrogens (primary N) is 1. The van der Waals surface area contributed by atoms with Crippen LogP contribution in [0.5, 0.6) is 5.75 Å². The van der Waals surface area contributed by atoms with E-state index in [9.17, 15) is 0 Å². The van der Waals surface area contributed by atoms with E-state index in [-0.39, 0.29) is 0 Å².